The summed E-state index contributed by atoms with van der Waals surface area (Å²) in [5.74, 6) is -1.57. The first-order valence-corrected chi connectivity index (χ1v) is 16.4. The van der Waals surface area contributed by atoms with E-state index in [2.05, 4.69) is 47.0 Å². The maximum Gasteiger partial charge on any atom is 0.360 e. The number of nitrogens with zero attached hydrogens (tertiary/aromatic N) is 1. The number of non-ortho nitro benzene ring substituents is 1. The molecule has 0 bridgehead atoms. The van der Waals surface area contributed by atoms with Gasteiger partial charge in [-0.15, -0.1) is 0 Å². The molecule has 2 N–H and O–H groups in total. The van der Waals surface area contributed by atoms with Gasteiger partial charge in [-0.25, -0.2) is 4.79 Å². The Balaban J connectivity index is 1.31. The number of allylic oxidation sites excluding steroid dienone is 3. The number of nitro groups is 1. The molecule has 3 aromatic carbocycles. The molecule has 2 heterocycles. The first kappa shape index (κ1) is 32.3. The largest absolute Gasteiger partial charge is 0.461 e. The van der Waals surface area contributed by atoms with Gasteiger partial charge in [-0.2, -0.15) is 0 Å². The molecule has 2 aliphatic heterocycles. The molecule has 1 unspecified atom stereocenters. The van der Waals surface area contributed by atoms with Gasteiger partial charge >= 0.3 is 13.6 Å². The molecule has 1 atom stereocenters. The minimum atomic E-state index is -3.89. The number of carbonyl (C=O) groups is 1. The van der Waals surface area contributed by atoms with Crippen LogP contribution in [0.25, 0.3) is 11.1 Å². The third-order valence-electron chi connectivity index (χ3n) is 7.81. The van der Waals surface area contributed by atoms with Crippen molar-refractivity contribution in [1.82, 2.24) is 10.6 Å². The molecule has 0 amide bonds. The number of ether oxygens (including phenoxy) is 1. The lowest BCUT2D eigenvalue weighted by Crippen LogP contribution is -2.34. The lowest BCUT2D eigenvalue weighted by Gasteiger charge is -2.39. The molecule has 11 heteroatoms. The Morgan fingerprint density at radius 2 is 1.67 bits per heavy atom. The van der Waals surface area contributed by atoms with E-state index in [1.54, 1.807) is 26.0 Å². The highest BCUT2D eigenvalue weighted by Crippen LogP contribution is 2.66. The molecule has 5 rings (SSSR count). The molecule has 0 aromatic heterocycles. The SMILES string of the molecule is CC1=C(C(=O)OCCNCc2ccc(-c3ccccc3)cc2)C(c2cccc([N+](=O)[O-])c2)C(P2(=O)OCC(C)(C)CO2)=C(C)N1. The van der Waals surface area contributed by atoms with Gasteiger partial charge in [0.25, 0.3) is 5.69 Å². The Morgan fingerprint density at radius 1 is 1.00 bits per heavy atom. The Morgan fingerprint density at radius 3 is 2.33 bits per heavy atom. The number of hydrogen-bond donors (Lipinski definition) is 2. The van der Waals surface area contributed by atoms with Crippen molar-refractivity contribution in [2.75, 3.05) is 26.4 Å². The highest BCUT2D eigenvalue weighted by molar-refractivity contribution is 7.58. The molecule has 10 nitrogen and oxygen atoms in total. The van der Waals surface area contributed by atoms with Gasteiger partial charge in [-0.1, -0.05) is 80.6 Å². The van der Waals surface area contributed by atoms with Crippen LogP contribution < -0.4 is 10.6 Å². The molecule has 236 valence electrons. The van der Waals surface area contributed by atoms with Crippen LogP contribution in [0.5, 0.6) is 0 Å². The Kier molecular flexibility index (Phi) is 9.70. The molecular formula is C34H38N3O7P. The Labute approximate surface area is 263 Å². The van der Waals surface area contributed by atoms with Gasteiger partial charge in [-0.05, 0) is 36.1 Å². The Hall–Kier alpha value is -4.08. The molecule has 1 fully saturated rings. The van der Waals surface area contributed by atoms with E-state index in [9.17, 15) is 19.5 Å². The van der Waals surface area contributed by atoms with Crippen molar-refractivity contribution in [2.24, 2.45) is 5.41 Å². The summed E-state index contributed by atoms with van der Waals surface area (Å²) in [6, 6.07) is 24.4. The zero-order chi connectivity index (χ0) is 32.2. The van der Waals surface area contributed by atoms with Crippen molar-refractivity contribution in [2.45, 2.75) is 40.2 Å². The summed E-state index contributed by atoms with van der Waals surface area (Å²) in [5.41, 5.74) is 4.47. The number of carbonyl (C=O) groups excluding carboxylic acids is 1. The molecule has 0 spiro atoms. The predicted molar refractivity (Wildman–Crippen MR) is 172 cm³/mol. The molecule has 0 saturated carbocycles. The van der Waals surface area contributed by atoms with E-state index in [0.717, 1.165) is 16.7 Å². The maximum absolute atomic E-state index is 14.2. The molecule has 2 aliphatic rings. The van der Waals surface area contributed by atoms with Crippen LogP contribution in [-0.2, 0) is 29.7 Å². The zero-order valence-corrected chi connectivity index (χ0v) is 26.8. The number of hydrogen-bond acceptors (Lipinski definition) is 9. The van der Waals surface area contributed by atoms with E-state index in [1.165, 1.54) is 12.1 Å². The van der Waals surface area contributed by atoms with Crippen molar-refractivity contribution in [1.29, 1.82) is 0 Å². The highest BCUT2D eigenvalue weighted by Gasteiger charge is 2.48. The predicted octanol–water partition coefficient (Wildman–Crippen LogP) is 7.05. The third-order valence-corrected chi connectivity index (χ3v) is 9.93. The molecule has 1 saturated heterocycles. The minimum absolute atomic E-state index is 0.0796. The van der Waals surface area contributed by atoms with Crippen molar-refractivity contribution < 1.29 is 28.1 Å². The van der Waals surface area contributed by atoms with Gasteiger partial charge in [-0.3, -0.25) is 14.7 Å². The second kappa shape index (κ2) is 13.5. The van der Waals surface area contributed by atoms with Crippen LogP contribution in [0.4, 0.5) is 5.69 Å². The van der Waals surface area contributed by atoms with Crippen molar-refractivity contribution in [3.63, 3.8) is 0 Å². The molecule has 0 aliphatic carbocycles. The van der Waals surface area contributed by atoms with Gasteiger partial charge in [0, 0.05) is 42.0 Å². The third kappa shape index (κ3) is 7.43. The van der Waals surface area contributed by atoms with Crippen molar-refractivity contribution in [3.8, 4) is 11.1 Å². The highest BCUT2D eigenvalue weighted by atomic mass is 31.2. The first-order chi connectivity index (χ1) is 21.5. The van der Waals surface area contributed by atoms with Crippen LogP contribution >= 0.6 is 7.60 Å². The maximum atomic E-state index is 14.2. The van der Waals surface area contributed by atoms with E-state index >= 15 is 0 Å². The number of esters is 1. The second-order valence-electron chi connectivity index (χ2n) is 12.0. The van der Waals surface area contributed by atoms with Crippen LogP contribution in [0.3, 0.4) is 0 Å². The van der Waals surface area contributed by atoms with Gasteiger partial charge in [0.2, 0.25) is 0 Å². The van der Waals surface area contributed by atoms with Gasteiger partial charge in [0.05, 0.1) is 34.9 Å². The van der Waals surface area contributed by atoms with E-state index in [1.807, 2.05) is 32.0 Å². The van der Waals surface area contributed by atoms with Crippen LogP contribution in [0.15, 0.2) is 101 Å². The van der Waals surface area contributed by atoms with Gasteiger partial charge in [0.1, 0.15) is 6.61 Å². The number of nitro benzene ring substituents is 1. The fourth-order valence-electron chi connectivity index (χ4n) is 5.47. The number of nitrogens with one attached hydrogen (secondary N) is 2. The van der Waals surface area contributed by atoms with Gasteiger partial charge < -0.3 is 24.4 Å². The average molecular weight is 632 g/mol. The fraction of sp³-hybridized carbons (Fsp3) is 0.324. The average Bonchev–Trinajstić information content (AvgIpc) is 3.03. The minimum Gasteiger partial charge on any atom is -0.461 e. The topological polar surface area (TPSA) is 129 Å². The summed E-state index contributed by atoms with van der Waals surface area (Å²) in [6.07, 6.45) is 0. The summed E-state index contributed by atoms with van der Waals surface area (Å²) >= 11 is 0. The van der Waals surface area contributed by atoms with E-state index in [-0.39, 0.29) is 41.8 Å². The van der Waals surface area contributed by atoms with Crippen molar-refractivity contribution in [3.05, 3.63) is 122 Å². The van der Waals surface area contributed by atoms with Crippen molar-refractivity contribution >= 4 is 19.3 Å². The summed E-state index contributed by atoms with van der Waals surface area (Å²) in [7, 11) is -3.89. The fourth-order valence-corrected chi connectivity index (χ4v) is 7.92. The monoisotopic (exact) mass is 631 g/mol. The van der Waals surface area contributed by atoms with Crippen LogP contribution in [0.1, 0.15) is 44.7 Å². The van der Waals surface area contributed by atoms with Crippen LogP contribution in [0, 0.1) is 15.5 Å². The summed E-state index contributed by atoms with van der Waals surface area (Å²) in [6.45, 7) is 8.77. The van der Waals surface area contributed by atoms with E-state index in [4.69, 9.17) is 13.8 Å². The Bertz CT molecular complexity index is 1670. The van der Waals surface area contributed by atoms with Crippen LogP contribution in [0.2, 0.25) is 0 Å². The number of dihydropyridines is 1. The zero-order valence-electron chi connectivity index (χ0n) is 25.9. The van der Waals surface area contributed by atoms with E-state index in [0.29, 0.717) is 30.0 Å². The molecular weight excluding hydrogens is 593 g/mol. The number of benzene rings is 3. The quantitative estimate of drug-likeness (QED) is 0.0795. The summed E-state index contributed by atoms with van der Waals surface area (Å²) in [5, 5.41) is 18.3. The summed E-state index contributed by atoms with van der Waals surface area (Å²) in [4.78, 5) is 24.8. The smallest absolute Gasteiger partial charge is 0.360 e. The van der Waals surface area contributed by atoms with Crippen LogP contribution in [-0.4, -0.2) is 37.3 Å². The first-order valence-electron chi connectivity index (χ1n) is 14.8. The molecule has 3 aromatic rings. The lowest BCUT2D eigenvalue weighted by molar-refractivity contribution is -0.384. The standard InChI is InChI=1S/C34H38N3O7P/c1-23-30(33(38)42-18-17-35-20-25-13-15-27(16-14-25)26-9-6-5-7-10-26)31(28-11-8-12-29(19-28)37(39)40)32(24(2)36-23)45(41)43-21-34(3,4)22-44-45/h5-16,19,31,35-36H,17-18,20-22H2,1-4H3. The number of rotatable bonds is 10. The normalized spacial score (nSPS) is 19.2. The van der Waals surface area contributed by atoms with Gasteiger partial charge in [0.15, 0.2) is 0 Å². The lowest BCUT2D eigenvalue weighted by atomic mass is 9.86. The second-order valence-corrected chi connectivity index (χ2v) is 14.0. The molecule has 0 radical (unpaired) electrons. The van der Waals surface area contributed by atoms with E-state index < -0.39 is 24.4 Å². The summed E-state index contributed by atoms with van der Waals surface area (Å²) < 4.78 is 31.7. The molecule has 45 heavy (non-hydrogen) atoms.